The standard InChI is InChI=1S/C21H21N3O4/c1-27-15-7-6-14-8-13(12-28-20(14)9-15)11-22-21(26)18-10-17(23-24-18)16-4-2-3-5-19(16)25/h2-7,9-10,13,25H,8,11-12H2,1H3,(H,22,26)(H,23,24)/t13-/m1/s1. The summed E-state index contributed by atoms with van der Waals surface area (Å²) in [7, 11) is 1.63. The number of aromatic amines is 1. The van der Waals surface area contributed by atoms with Gasteiger partial charge in [0.05, 0.1) is 19.4 Å². The molecule has 7 nitrogen and oxygen atoms in total. The molecule has 7 heteroatoms. The van der Waals surface area contributed by atoms with E-state index in [1.165, 1.54) is 0 Å². The lowest BCUT2D eigenvalue weighted by Gasteiger charge is -2.25. The van der Waals surface area contributed by atoms with Gasteiger partial charge in [0.15, 0.2) is 0 Å². The number of ether oxygens (including phenoxy) is 2. The summed E-state index contributed by atoms with van der Waals surface area (Å²) in [5.74, 6) is 1.67. The fourth-order valence-corrected chi connectivity index (χ4v) is 3.27. The SMILES string of the molecule is COc1ccc2c(c1)OC[C@@H](CNC(=O)c1cc(-c3ccccc3O)n[nH]1)C2. The highest BCUT2D eigenvalue weighted by Gasteiger charge is 2.22. The monoisotopic (exact) mass is 379 g/mol. The van der Waals surface area contributed by atoms with Crippen molar-refractivity contribution in [3.05, 3.63) is 59.8 Å². The maximum absolute atomic E-state index is 12.4. The molecule has 1 aromatic heterocycles. The van der Waals surface area contributed by atoms with Crippen molar-refractivity contribution in [2.75, 3.05) is 20.3 Å². The fraction of sp³-hybridized carbons (Fsp3) is 0.238. The van der Waals surface area contributed by atoms with Crippen molar-refractivity contribution in [2.24, 2.45) is 5.92 Å². The second-order valence-corrected chi connectivity index (χ2v) is 6.75. The van der Waals surface area contributed by atoms with Crippen LogP contribution in [0.15, 0.2) is 48.5 Å². The largest absolute Gasteiger partial charge is 0.507 e. The number of hydrogen-bond donors (Lipinski definition) is 3. The average Bonchev–Trinajstić information content (AvgIpc) is 3.22. The van der Waals surface area contributed by atoms with Crippen molar-refractivity contribution >= 4 is 5.91 Å². The molecule has 0 radical (unpaired) electrons. The Morgan fingerprint density at radius 1 is 1.32 bits per heavy atom. The van der Waals surface area contributed by atoms with Gasteiger partial charge in [0, 0.05) is 24.1 Å². The van der Waals surface area contributed by atoms with Gasteiger partial charge in [0.1, 0.15) is 22.9 Å². The number of rotatable bonds is 5. The number of nitrogens with zero attached hydrogens (tertiary/aromatic N) is 1. The van der Waals surface area contributed by atoms with Crippen molar-refractivity contribution in [1.29, 1.82) is 0 Å². The molecule has 4 rings (SSSR count). The molecule has 1 aliphatic rings. The molecule has 0 bridgehead atoms. The third-order valence-electron chi connectivity index (χ3n) is 4.81. The van der Waals surface area contributed by atoms with Crippen LogP contribution in [0.5, 0.6) is 17.2 Å². The van der Waals surface area contributed by atoms with E-state index in [-0.39, 0.29) is 17.6 Å². The number of amides is 1. The molecule has 1 atom stereocenters. The lowest BCUT2D eigenvalue weighted by molar-refractivity contribution is 0.0934. The molecule has 0 saturated carbocycles. The Labute approximate surface area is 162 Å². The number of carbonyl (C=O) groups is 1. The molecule has 28 heavy (non-hydrogen) atoms. The molecule has 2 heterocycles. The number of H-pyrrole nitrogens is 1. The van der Waals surface area contributed by atoms with Gasteiger partial charge in [0.2, 0.25) is 0 Å². The lowest BCUT2D eigenvalue weighted by atomic mass is 9.96. The predicted octanol–water partition coefficient (Wildman–Crippen LogP) is 2.77. The van der Waals surface area contributed by atoms with Gasteiger partial charge in [-0.05, 0) is 36.2 Å². The second kappa shape index (κ2) is 7.64. The van der Waals surface area contributed by atoms with E-state index >= 15 is 0 Å². The number of hydrogen-bond acceptors (Lipinski definition) is 5. The van der Waals surface area contributed by atoms with Crippen molar-refractivity contribution in [3.8, 4) is 28.5 Å². The molecule has 144 valence electrons. The van der Waals surface area contributed by atoms with E-state index in [0.29, 0.717) is 30.1 Å². The number of aromatic hydroxyl groups is 1. The van der Waals surface area contributed by atoms with Crippen LogP contribution in [-0.2, 0) is 6.42 Å². The van der Waals surface area contributed by atoms with Crippen LogP contribution in [0.2, 0.25) is 0 Å². The van der Waals surface area contributed by atoms with Crippen LogP contribution in [0.3, 0.4) is 0 Å². The topological polar surface area (TPSA) is 96.5 Å². The Hall–Kier alpha value is -3.48. The molecule has 3 N–H and O–H groups in total. The smallest absolute Gasteiger partial charge is 0.269 e. The van der Waals surface area contributed by atoms with Crippen molar-refractivity contribution in [2.45, 2.75) is 6.42 Å². The number of phenols is 1. The zero-order chi connectivity index (χ0) is 19.5. The van der Waals surface area contributed by atoms with Gasteiger partial charge in [-0.3, -0.25) is 9.89 Å². The van der Waals surface area contributed by atoms with E-state index in [2.05, 4.69) is 15.5 Å². The van der Waals surface area contributed by atoms with Crippen LogP contribution in [0.1, 0.15) is 16.1 Å². The summed E-state index contributed by atoms with van der Waals surface area (Å²) in [4.78, 5) is 12.4. The minimum Gasteiger partial charge on any atom is -0.507 e. The van der Waals surface area contributed by atoms with E-state index < -0.39 is 0 Å². The first-order chi connectivity index (χ1) is 13.6. The van der Waals surface area contributed by atoms with Crippen LogP contribution in [-0.4, -0.2) is 41.5 Å². The summed E-state index contributed by atoms with van der Waals surface area (Å²) in [6.45, 7) is 1.03. The fourth-order valence-electron chi connectivity index (χ4n) is 3.27. The minimum atomic E-state index is -0.241. The number of aromatic nitrogens is 2. The molecule has 1 aliphatic heterocycles. The molecular formula is C21H21N3O4. The van der Waals surface area contributed by atoms with E-state index in [0.717, 1.165) is 23.5 Å². The van der Waals surface area contributed by atoms with Crippen molar-refractivity contribution < 1.29 is 19.4 Å². The lowest BCUT2D eigenvalue weighted by Crippen LogP contribution is -2.35. The van der Waals surface area contributed by atoms with Crippen LogP contribution in [0.25, 0.3) is 11.3 Å². The molecule has 0 unspecified atom stereocenters. The summed E-state index contributed by atoms with van der Waals surface area (Å²) in [6.07, 6.45) is 0.825. The van der Waals surface area contributed by atoms with Crippen molar-refractivity contribution in [1.82, 2.24) is 15.5 Å². The van der Waals surface area contributed by atoms with Gasteiger partial charge in [-0.15, -0.1) is 0 Å². The first kappa shape index (κ1) is 17.9. The highest BCUT2D eigenvalue weighted by Crippen LogP contribution is 2.31. The van der Waals surface area contributed by atoms with Gasteiger partial charge in [-0.1, -0.05) is 18.2 Å². The molecule has 0 saturated heterocycles. The third kappa shape index (κ3) is 3.64. The molecule has 3 aromatic rings. The van der Waals surface area contributed by atoms with Gasteiger partial charge in [0.25, 0.3) is 5.91 Å². The molecule has 0 fully saturated rings. The first-order valence-electron chi connectivity index (χ1n) is 9.05. The van der Waals surface area contributed by atoms with E-state index in [9.17, 15) is 9.90 Å². The van der Waals surface area contributed by atoms with Gasteiger partial charge in [-0.2, -0.15) is 5.10 Å². The average molecular weight is 379 g/mol. The number of phenolic OH excluding ortho intramolecular Hbond substituents is 1. The molecule has 0 spiro atoms. The van der Waals surface area contributed by atoms with Crippen LogP contribution in [0, 0.1) is 5.92 Å². The summed E-state index contributed by atoms with van der Waals surface area (Å²) in [5, 5.41) is 19.7. The maximum Gasteiger partial charge on any atom is 0.269 e. The van der Waals surface area contributed by atoms with E-state index in [1.54, 1.807) is 37.4 Å². The number of nitrogens with one attached hydrogen (secondary N) is 2. The second-order valence-electron chi connectivity index (χ2n) is 6.75. The summed E-state index contributed by atoms with van der Waals surface area (Å²) >= 11 is 0. The van der Waals surface area contributed by atoms with Gasteiger partial charge >= 0.3 is 0 Å². The molecule has 0 aliphatic carbocycles. The minimum absolute atomic E-state index is 0.121. The molecular weight excluding hydrogens is 358 g/mol. The van der Waals surface area contributed by atoms with Crippen LogP contribution < -0.4 is 14.8 Å². The number of methoxy groups -OCH3 is 1. The predicted molar refractivity (Wildman–Crippen MR) is 104 cm³/mol. The van der Waals surface area contributed by atoms with E-state index in [1.807, 2.05) is 18.2 Å². The first-order valence-corrected chi connectivity index (χ1v) is 9.05. The number of fused-ring (bicyclic) bond motifs is 1. The van der Waals surface area contributed by atoms with Gasteiger partial charge < -0.3 is 19.9 Å². The molecule has 2 aromatic carbocycles. The Balaban J connectivity index is 1.37. The Morgan fingerprint density at radius 2 is 2.18 bits per heavy atom. The van der Waals surface area contributed by atoms with Gasteiger partial charge in [-0.25, -0.2) is 0 Å². The summed E-state index contributed by atoms with van der Waals surface area (Å²) in [5.41, 5.74) is 2.55. The highest BCUT2D eigenvalue weighted by atomic mass is 16.5. The number of benzene rings is 2. The quantitative estimate of drug-likeness (QED) is 0.633. The Kier molecular flexibility index (Phi) is 4.89. The Bertz CT molecular complexity index is 999. The Morgan fingerprint density at radius 3 is 3.00 bits per heavy atom. The zero-order valence-electron chi connectivity index (χ0n) is 15.4. The number of carbonyl (C=O) groups excluding carboxylic acids is 1. The number of para-hydroxylation sites is 1. The maximum atomic E-state index is 12.4. The zero-order valence-corrected chi connectivity index (χ0v) is 15.4. The normalized spacial score (nSPS) is 15.4. The van der Waals surface area contributed by atoms with Crippen LogP contribution in [0.4, 0.5) is 0 Å². The summed E-state index contributed by atoms with van der Waals surface area (Å²) in [6, 6.07) is 14.3. The van der Waals surface area contributed by atoms with Crippen LogP contribution >= 0.6 is 0 Å². The third-order valence-corrected chi connectivity index (χ3v) is 4.81. The summed E-state index contributed by atoms with van der Waals surface area (Å²) < 4.78 is 11.0. The highest BCUT2D eigenvalue weighted by molar-refractivity contribution is 5.93. The molecule has 1 amide bonds. The van der Waals surface area contributed by atoms with Crippen molar-refractivity contribution in [3.63, 3.8) is 0 Å². The van der Waals surface area contributed by atoms with E-state index in [4.69, 9.17) is 9.47 Å².